The zero-order valence-corrected chi connectivity index (χ0v) is 12.0. The molecule has 2 bridgehead atoms. The molecular weight excluding hydrogens is 232 g/mol. The predicted octanol–water partition coefficient (Wildman–Crippen LogP) is 3.49. The van der Waals surface area contributed by atoms with Crippen LogP contribution in [0.15, 0.2) is 24.3 Å². The zero-order chi connectivity index (χ0) is 13.2. The van der Waals surface area contributed by atoms with E-state index in [4.69, 9.17) is 5.73 Å². The molecule has 2 saturated heterocycles. The van der Waals surface area contributed by atoms with E-state index in [2.05, 4.69) is 36.1 Å². The van der Waals surface area contributed by atoms with Crippen LogP contribution in [0.3, 0.4) is 0 Å². The Bertz CT molecular complexity index is 398. The van der Waals surface area contributed by atoms with Crippen molar-refractivity contribution < 1.29 is 0 Å². The van der Waals surface area contributed by atoms with E-state index < -0.39 is 0 Å². The lowest BCUT2D eigenvalue weighted by molar-refractivity contribution is 0.271. The number of anilines is 1. The van der Waals surface area contributed by atoms with Crippen molar-refractivity contribution in [1.29, 1.82) is 0 Å². The van der Waals surface area contributed by atoms with Crippen molar-refractivity contribution in [3.63, 3.8) is 0 Å². The van der Waals surface area contributed by atoms with Crippen LogP contribution in [-0.4, -0.2) is 18.1 Å². The van der Waals surface area contributed by atoms with E-state index in [1.54, 1.807) is 0 Å². The summed E-state index contributed by atoms with van der Waals surface area (Å²) in [5.74, 6) is 0. The molecule has 2 aliphatic rings. The van der Waals surface area contributed by atoms with Gasteiger partial charge < -0.3 is 10.6 Å². The SMILES string of the molecule is CCCc1ccc(N2C3CCCC2CC(N)C3)cc1. The van der Waals surface area contributed by atoms with Crippen LogP contribution in [-0.2, 0) is 6.42 Å². The molecule has 2 fully saturated rings. The molecule has 2 unspecified atom stereocenters. The normalized spacial score (nSPS) is 30.4. The standard InChI is InChI=1S/C17H26N2/c1-2-4-13-7-9-15(10-8-13)19-16-5-3-6-17(19)12-14(18)11-16/h7-10,14,16-17H,2-6,11-12,18H2,1H3. The van der Waals surface area contributed by atoms with E-state index in [0.717, 1.165) is 0 Å². The number of benzene rings is 1. The number of aryl methyl sites for hydroxylation is 1. The fraction of sp³-hybridized carbons (Fsp3) is 0.647. The third-order valence-electron chi connectivity index (χ3n) is 4.78. The van der Waals surface area contributed by atoms with Crippen LogP contribution in [0.25, 0.3) is 0 Å². The summed E-state index contributed by atoms with van der Waals surface area (Å²) in [6.07, 6.45) is 8.79. The highest BCUT2D eigenvalue weighted by Gasteiger charge is 2.36. The van der Waals surface area contributed by atoms with Gasteiger partial charge in [0.2, 0.25) is 0 Å². The predicted molar refractivity (Wildman–Crippen MR) is 81.6 cm³/mol. The largest absolute Gasteiger partial charge is 0.365 e. The summed E-state index contributed by atoms with van der Waals surface area (Å²) in [6, 6.07) is 11.1. The average Bonchev–Trinajstić information content (AvgIpc) is 2.39. The molecule has 3 rings (SSSR count). The highest BCUT2D eigenvalue weighted by atomic mass is 15.2. The number of rotatable bonds is 3. The average molecular weight is 258 g/mol. The maximum Gasteiger partial charge on any atom is 0.0371 e. The number of hydrogen-bond donors (Lipinski definition) is 1. The molecule has 104 valence electrons. The number of piperidine rings is 2. The van der Waals surface area contributed by atoms with Gasteiger partial charge in [-0.3, -0.25) is 0 Å². The highest BCUT2D eigenvalue weighted by Crippen LogP contribution is 2.37. The third-order valence-corrected chi connectivity index (χ3v) is 4.78. The molecule has 2 N–H and O–H groups in total. The van der Waals surface area contributed by atoms with Gasteiger partial charge in [-0.05, 0) is 56.2 Å². The second kappa shape index (κ2) is 5.54. The molecule has 0 radical (unpaired) electrons. The lowest BCUT2D eigenvalue weighted by atomic mass is 9.81. The van der Waals surface area contributed by atoms with Gasteiger partial charge in [-0.15, -0.1) is 0 Å². The topological polar surface area (TPSA) is 29.3 Å². The Labute approximate surface area is 117 Å². The van der Waals surface area contributed by atoms with Gasteiger partial charge in [-0.25, -0.2) is 0 Å². The summed E-state index contributed by atoms with van der Waals surface area (Å²) in [7, 11) is 0. The molecule has 0 aromatic heterocycles. The van der Waals surface area contributed by atoms with Crippen molar-refractivity contribution in [1.82, 2.24) is 0 Å². The molecule has 0 spiro atoms. The molecule has 2 atom stereocenters. The van der Waals surface area contributed by atoms with Crippen LogP contribution in [0.5, 0.6) is 0 Å². The molecule has 2 heteroatoms. The number of hydrogen-bond acceptors (Lipinski definition) is 2. The summed E-state index contributed by atoms with van der Waals surface area (Å²) < 4.78 is 0. The molecule has 0 aliphatic carbocycles. The number of fused-ring (bicyclic) bond motifs is 2. The first kappa shape index (κ1) is 13.0. The Balaban J connectivity index is 1.80. The maximum atomic E-state index is 6.20. The van der Waals surface area contributed by atoms with E-state index in [9.17, 15) is 0 Å². The quantitative estimate of drug-likeness (QED) is 0.899. The van der Waals surface area contributed by atoms with Gasteiger partial charge in [0.25, 0.3) is 0 Å². The van der Waals surface area contributed by atoms with Crippen molar-refractivity contribution in [2.24, 2.45) is 5.73 Å². The molecule has 0 amide bonds. The summed E-state index contributed by atoms with van der Waals surface area (Å²) in [5.41, 5.74) is 9.08. The Morgan fingerprint density at radius 3 is 2.32 bits per heavy atom. The highest BCUT2D eigenvalue weighted by molar-refractivity contribution is 5.51. The van der Waals surface area contributed by atoms with Gasteiger partial charge in [0, 0.05) is 23.8 Å². The first-order valence-corrected chi connectivity index (χ1v) is 7.90. The first-order chi connectivity index (χ1) is 9.28. The lowest BCUT2D eigenvalue weighted by Gasteiger charge is -2.49. The van der Waals surface area contributed by atoms with Gasteiger partial charge in [-0.1, -0.05) is 25.5 Å². The minimum atomic E-state index is 0.422. The van der Waals surface area contributed by atoms with Crippen molar-refractivity contribution in [3.8, 4) is 0 Å². The number of nitrogens with zero attached hydrogens (tertiary/aromatic N) is 1. The maximum absolute atomic E-state index is 6.20. The second-order valence-corrected chi connectivity index (χ2v) is 6.29. The summed E-state index contributed by atoms with van der Waals surface area (Å²) in [4.78, 5) is 2.67. The van der Waals surface area contributed by atoms with Gasteiger partial charge in [0.1, 0.15) is 0 Å². The van der Waals surface area contributed by atoms with Crippen molar-refractivity contribution in [2.75, 3.05) is 4.90 Å². The zero-order valence-electron chi connectivity index (χ0n) is 12.0. The fourth-order valence-corrected chi connectivity index (χ4v) is 3.97. The number of nitrogens with two attached hydrogens (primary N) is 1. The molecule has 2 heterocycles. The Hall–Kier alpha value is -1.02. The molecular formula is C17H26N2. The van der Waals surface area contributed by atoms with E-state index in [-0.39, 0.29) is 0 Å². The van der Waals surface area contributed by atoms with Crippen LogP contribution >= 0.6 is 0 Å². The van der Waals surface area contributed by atoms with Gasteiger partial charge in [-0.2, -0.15) is 0 Å². The summed E-state index contributed by atoms with van der Waals surface area (Å²) in [5, 5.41) is 0. The van der Waals surface area contributed by atoms with E-state index in [1.165, 1.54) is 56.2 Å². The fourth-order valence-electron chi connectivity index (χ4n) is 3.97. The molecule has 2 nitrogen and oxygen atoms in total. The van der Waals surface area contributed by atoms with Crippen LogP contribution in [0.4, 0.5) is 5.69 Å². The Morgan fingerprint density at radius 1 is 1.11 bits per heavy atom. The van der Waals surface area contributed by atoms with Crippen molar-refractivity contribution in [2.45, 2.75) is 70.0 Å². The Morgan fingerprint density at radius 2 is 1.74 bits per heavy atom. The minimum Gasteiger partial charge on any atom is -0.365 e. The van der Waals surface area contributed by atoms with Gasteiger partial charge >= 0.3 is 0 Å². The lowest BCUT2D eigenvalue weighted by Crippen LogP contribution is -2.55. The summed E-state index contributed by atoms with van der Waals surface area (Å²) in [6.45, 7) is 2.24. The molecule has 19 heavy (non-hydrogen) atoms. The Kier molecular flexibility index (Phi) is 3.79. The van der Waals surface area contributed by atoms with Crippen molar-refractivity contribution in [3.05, 3.63) is 29.8 Å². The van der Waals surface area contributed by atoms with E-state index >= 15 is 0 Å². The van der Waals surface area contributed by atoms with E-state index in [0.29, 0.717) is 18.1 Å². The van der Waals surface area contributed by atoms with Crippen LogP contribution in [0.2, 0.25) is 0 Å². The van der Waals surface area contributed by atoms with Gasteiger partial charge in [0.05, 0.1) is 0 Å². The smallest absolute Gasteiger partial charge is 0.0371 e. The van der Waals surface area contributed by atoms with E-state index in [1.807, 2.05) is 0 Å². The minimum absolute atomic E-state index is 0.422. The van der Waals surface area contributed by atoms with Crippen molar-refractivity contribution >= 4 is 5.69 Å². The molecule has 0 saturated carbocycles. The molecule has 2 aliphatic heterocycles. The first-order valence-electron chi connectivity index (χ1n) is 7.90. The van der Waals surface area contributed by atoms with Gasteiger partial charge in [0.15, 0.2) is 0 Å². The third kappa shape index (κ3) is 2.64. The van der Waals surface area contributed by atoms with Crippen LogP contribution in [0.1, 0.15) is 51.0 Å². The molecule has 1 aromatic rings. The second-order valence-electron chi connectivity index (χ2n) is 6.29. The monoisotopic (exact) mass is 258 g/mol. The molecule has 1 aromatic carbocycles. The van der Waals surface area contributed by atoms with Crippen LogP contribution in [0, 0.1) is 0 Å². The van der Waals surface area contributed by atoms with Crippen LogP contribution < -0.4 is 10.6 Å². The summed E-state index contributed by atoms with van der Waals surface area (Å²) >= 11 is 0.